The van der Waals surface area contributed by atoms with Crippen LogP contribution in [-0.2, 0) is 37.4 Å². The van der Waals surface area contributed by atoms with Gasteiger partial charge in [-0.3, -0.25) is 18.7 Å². The molecule has 0 aliphatic carbocycles. The van der Waals surface area contributed by atoms with E-state index >= 15 is 0 Å². The van der Waals surface area contributed by atoms with Gasteiger partial charge in [0.05, 0.1) is 24.0 Å². The molecule has 0 fully saturated rings. The summed E-state index contributed by atoms with van der Waals surface area (Å²) >= 11 is 1.07. The average molecular weight is 512 g/mol. The minimum Gasteiger partial charge on any atom is -0.395 e. The van der Waals surface area contributed by atoms with Crippen molar-refractivity contribution in [3.05, 3.63) is 66.7 Å². The molecule has 2 aromatic heterocycles. The summed E-state index contributed by atoms with van der Waals surface area (Å²) in [6, 6.07) is 5.18. The number of carbonyl (C=O) groups is 1. The van der Waals surface area contributed by atoms with Crippen LogP contribution in [0, 0.1) is 5.92 Å². The Morgan fingerprint density at radius 3 is 2.46 bits per heavy atom. The van der Waals surface area contributed by atoms with Crippen LogP contribution in [0.15, 0.2) is 33.9 Å². The number of aliphatic hydroxyl groups excluding tert-OH is 1. The van der Waals surface area contributed by atoms with Crippen molar-refractivity contribution in [1.29, 1.82) is 0 Å². The summed E-state index contributed by atoms with van der Waals surface area (Å²) in [4.78, 5) is 41.0. The number of benzene rings is 1. The first-order valence-electron chi connectivity index (χ1n) is 11.1. The summed E-state index contributed by atoms with van der Waals surface area (Å²) < 4.78 is 43.4. The molecular formula is C24H28F3N3O4S. The minimum atomic E-state index is -4.57. The molecule has 3 aromatic rings. The van der Waals surface area contributed by atoms with Crippen LogP contribution in [0.4, 0.5) is 13.2 Å². The van der Waals surface area contributed by atoms with Crippen molar-refractivity contribution in [2.75, 3.05) is 20.2 Å². The highest BCUT2D eigenvalue weighted by molar-refractivity contribution is 7.18. The van der Waals surface area contributed by atoms with Crippen LogP contribution < -0.4 is 11.2 Å². The van der Waals surface area contributed by atoms with Gasteiger partial charge >= 0.3 is 11.9 Å². The third-order valence-corrected chi connectivity index (χ3v) is 7.02. The number of aliphatic hydroxyl groups is 1. The number of aromatic nitrogens is 2. The summed E-state index contributed by atoms with van der Waals surface area (Å²) in [7, 11) is 2.85. The van der Waals surface area contributed by atoms with Gasteiger partial charge in [0, 0.05) is 38.5 Å². The second kappa shape index (κ2) is 10.4. The average Bonchev–Trinajstić information content (AvgIpc) is 3.12. The highest BCUT2D eigenvalue weighted by atomic mass is 32.1. The van der Waals surface area contributed by atoms with E-state index in [0.717, 1.165) is 22.0 Å². The molecule has 0 unspecified atom stereocenters. The van der Waals surface area contributed by atoms with Crippen molar-refractivity contribution in [3.8, 4) is 0 Å². The molecule has 1 N–H and O–H groups in total. The molecular weight excluding hydrogens is 483 g/mol. The molecule has 7 nitrogen and oxygen atoms in total. The zero-order valence-electron chi connectivity index (χ0n) is 20.0. The Morgan fingerprint density at radius 2 is 1.86 bits per heavy atom. The van der Waals surface area contributed by atoms with Crippen LogP contribution in [-0.4, -0.2) is 45.2 Å². The maximum atomic E-state index is 13.7. The molecule has 11 heteroatoms. The molecule has 35 heavy (non-hydrogen) atoms. The normalized spacial score (nSPS) is 12.0. The topological polar surface area (TPSA) is 84.5 Å². The summed E-state index contributed by atoms with van der Waals surface area (Å²) in [5, 5.41) is 9.35. The highest BCUT2D eigenvalue weighted by Crippen LogP contribution is 2.36. The van der Waals surface area contributed by atoms with E-state index in [1.54, 1.807) is 0 Å². The van der Waals surface area contributed by atoms with E-state index in [-0.39, 0.29) is 42.9 Å². The molecule has 1 aromatic carbocycles. The number of thiophene rings is 1. The Morgan fingerprint density at radius 1 is 1.20 bits per heavy atom. The predicted octanol–water partition coefficient (Wildman–Crippen LogP) is 3.02. The van der Waals surface area contributed by atoms with Gasteiger partial charge in [-0.05, 0) is 23.1 Å². The largest absolute Gasteiger partial charge is 0.416 e. The number of amides is 1. The van der Waals surface area contributed by atoms with Crippen molar-refractivity contribution in [1.82, 2.24) is 14.0 Å². The first-order chi connectivity index (χ1) is 16.4. The summed E-state index contributed by atoms with van der Waals surface area (Å²) in [5.74, 6) is -0.335. The molecule has 0 aliphatic heterocycles. The van der Waals surface area contributed by atoms with E-state index in [1.165, 1.54) is 41.8 Å². The van der Waals surface area contributed by atoms with Crippen LogP contribution in [0.5, 0.6) is 0 Å². The van der Waals surface area contributed by atoms with Gasteiger partial charge in [-0.1, -0.05) is 32.0 Å². The molecule has 1 amide bonds. The van der Waals surface area contributed by atoms with Crippen LogP contribution in [0.1, 0.15) is 35.4 Å². The van der Waals surface area contributed by atoms with Gasteiger partial charge in [0.1, 0.15) is 4.83 Å². The SMILES string of the molecule is CC(C)Cn1c(=O)n(C)c(=O)c2c(CC(=O)N(C)CCO)c(Cc3ccccc3C(F)(F)F)sc21. The van der Waals surface area contributed by atoms with Crippen molar-refractivity contribution < 1.29 is 23.1 Å². The van der Waals surface area contributed by atoms with E-state index < -0.39 is 28.9 Å². The Kier molecular flexibility index (Phi) is 7.90. The van der Waals surface area contributed by atoms with E-state index in [1.807, 2.05) is 13.8 Å². The molecule has 2 heterocycles. The molecule has 0 bridgehead atoms. The number of alkyl halides is 3. The first-order valence-corrected chi connectivity index (χ1v) is 11.9. The van der Waals surface area contributed by atoms with E-state index in [9.17, 15) is 32.7 Å². The molecule has 0 saturated heterocycles. The van der Waals surface area contributed by atoms with E-state index in [0.29, 0.717) is 21.8 Å². The quantitative estimate of drug-likeness (QED) is 0.504. The number of hydrogen-bond acceptors (Lipinski definition) is 5. The van der Waals surface area contributed by atoms with E-state index in [4.69, 9.17) is 0 Å². The third kappa shape index (κ3) is 5.51. The number of likely N-dealkylation sites (N-methyl/N-ethyl adjacent to an activating group) is 1. The number of nitrogens with zero attached hydrogens (tertiary/aromatic N) is 3. The summed E-state index contributed by atoms with van der Waals surface area (Å²) in [6.45, 7) is 3.94. The third-order valence-electron chi connectivity index (χ3n) is 5.76. The molecule has 0 atom stereocenters. The van der Waals surface area contributed by atoms with Crippen molar-refractivity contribution in [2.24, 2.45) is 13.0 Å². The van der Waals surface area contributed by atoms with Crippen LogP contribution in [0.3, 0.4) is 0 Å². The number of halogens is 3. The van der Waals surface area contributed by atoms with E-state index in [2.05, 4.69) is 0 Å². The Hall–Kier alpha value is -2.92. The lowest BCUT2D eigenvalue weighted by Crippen LogP contribution is -2.39. The molecule has 3 rings (SSSR count). The number of hydrogen-bond donors (Lipinski definition) is 1. The van der Waals surface area contributed by atoms with Crippen molar-refractivity contribution >= 4 is 27.5 Å². The number of rotatable bonds is 8. The summed E-state index contributed by atoms with van der Waals surface area (Å²) in [5.41, 5.74) is -1.58. The van der Waals surface area contributed by atoms with Gasteiger partial charge in [0.15, 0.2) is 0 Å². The zero-order chi connectivity index (χ0) is 26.1. The van der Waals surface area contributed by atoms with Gasteiger partial charge in [0.25, 0.3) is 5.56 Å². The zero-order valence-corrected chi connectivity index (χ0v) is 20.8. The van der Waals surface area contributed by atoms with Crippen molar-refractivity contribution in [3.63, 3.8) is 0 Å². The number of carbonyl (C=O) groups excluding carboxylic acids is 1. The van der Waals surface area contributed by atoms with Gasteiger partial charge in [-0.2, -0.15) is 13.2 Å². The smallest absolute Gasteiger partial charge is 0.395 e. The fraction of sp³-hybridized carbons (Fsp3) is 0.458. The van der Waals surface area contributed by atoms with Gasteiger partial charge in [0.2, 0.25) is 5.91 Å². The molecule has 0 radical (unpaired) electrons. The van der Waals surface area contributed by atoms with Crippen LogP contribution in [0.2, 0.25) is 0 Å². The van der Waals surface area contributed by atoms with Gasteiger partial charge in [-0.15, -0.1) is 11.3 Å². The maximum Gasteiger partial charge on any atom is 0.416 e. The minimum absolute atomic E-state index is 0.0125. The number of fused-ring (bicyclic) bond motifs is 1. The molecule has 0 saturated carbocycles. The maximum absolute atomic E-state index is 13.7. The van der Waals surface area contributed by atoms with Gasteiger partial charge < -0.3 is 10.0 Å². The standard InChI is InChI=1S/C24H28F3N3O4S/c1-14(2)13-30-22-20(21(33)29(4)23(30)34)16(12-19(32)28(3)9-10-31)18(35-22)11-15-7-5-6-8-17(15)24(25,26)27/h5-8,14,31H,9-13H2,1-4H3. The second-order valence-electron chi connectivity index (χ2n) is 8.88. The second-order valence-corrected chi connectivity index (χ2v) is 9.97. The first kappa shape index (κ1) is 26.7. The fourth-order valence-corrected chi connectivity index (χ4v) is 5.31. The molecule has 190 valence electrons. The lowest BCUT2D eigenvalue weighted by Gasteiger charge is -2.17. The monoisotopic (exact) mass is 511 g/mol. The lowest BCUT2D eigenvalue weighted by molar-refractivity contribution is -0.138. The molecule has 0 aliphatic rings. The molecule has 0 spiro atoms. The van der Waals surface area contributed by atoms with Crippen LogP contribution >= 0.6 is 11.3 Å². The lowest BCUT2D eigenvalue weighted by atomic mass is 9.99. The fourth-order valence-electron chi connectivity index (χ4n) is 3.97. The Bertz CT molecular complexity index is 1360. The Labute approximate surface area is 204 Å². The van der Waals surface area contributed by atoms with Gasteiger partial charge in [-0.25, -0.2) is 4.79 Å². The highest BCUT2D eigenvalue weighted by Gasteiger charge is 2.33. The Balaban J connectivity index is 2.30. The van der Waals surface area contributed by atoms with Crippen molar-refractivity contribution in [2.45, 2.75) is 39.4 Å². The van der Waals surface area contributed by atoms with Crippen LogP contribution in [0.25, 0.3) is 10.2 Å². The summed E-state index contributed by atoms with van der Waals surface area (Å²) in [6.07, 6.45) is -4.96. The predicted molar refractivity (Wildman–Crippen MR) is 129 cm³/mol.